The van der Waals surface area contributed by atoms with E-state index in [1.165, 1.54) is 0 Å². The van der Waals surface area contributed by atoms with E-state index in [-0.39, 0.29) is 11.9 Å². The maximum Gasteiger partial charge on any atom is 0.255 e. The molecule has 116 valence electrons. The van der Waals surface area contributed by atoms with Crippen LogP contribution in [0, 0.1) is 5.92 Å². The number of ether oxygens (including phenoxy) is 2. The van der Waals surface area contributed by atoms with Crippen LogP contribution in [0.15, 0.2) is 18.2 Å². The van der Waals surface area contributed by atoms with Crippen molar-refractivity contribution in [2.75, 3.05) is 27.3 Å². The average Bonchev–Trinajstić information content (AvgIpc) is 2.54. The monoisotopic (exact) mass is 292 g/mol. The molecular formula is C16H24N2O3. The number of nitrogens with one attached hydrogen (secondary N) is 2. The van der Waals surface area contributed by atoms with E-state index in [4.69, 9.17) is 9.47 Å². The van der Waals surface area contributed by atoms with Crippen LogP contribution in [0.3, 0.4) is 0 Å². The first-order chi connectivity index (χ1) is 10.2. The van der Waals surface area contributed by atoms with Crippen molar-refractivity contribution in [3.05, 3.63) is 23.8 Å². The molecule has 5 heteroatoms. The Morgan fingerprint density at radius 2 is 2.00 bits per heavy atom. The zero-order valence-corrected chi connectivity index (χ0v) is 12.9. The van der Waals surface area contributed by atoms with E-state index >= 15 is 0 Å². The van der Waals surface area contributed by atoms with Gasteiger partial charge in [0.05, 0.1) is 19.8 Å². The summed E-state index contributed by atoms with van der Waals surface area (Å²) in [5, 5.41) is 6.43. The number of para-hydroxylation sites is 1. The van der Waals surface area contributed by atoms with Gasteiger partial charge in [-0.2, -0.15) is 0 Å². The Hall–Kier alpha value is -1.75. The molecule has 5 nitrogen and oxygen atoms in total. The Bertz CT molecular complexity index is 484. The fraction of sp³-hybridized carbons (Fsp3) is 0.562. The minimum absolute atomic E-state index is 0.114. The van der Waals surface area contributed by atoms with Crippen LogP contribution in [0.25, 0.3) is 0 Å². The van der Waals surface area contributed by atoms with Gasteiger partial charge in [0.2, 0.25) is 0 Å². The largest absolute Gasteiger partial charge is 0.493 e. The molecule has 1 aromatic rings. The molecule has 1 aliphatic heterocycles. The predicted octanol–water partition coefficient (Wildman–Crippen LogP) is 1.82. The van der Waals surface area contributed by atoms with Gasteiger partial charge in [0.15, 0.2) is 11.5 Å². The highest BCUT2D eigenvalue weighted by molar-refractivity contribution is 5.98. The van der Waals surface area contributed by atoms with Gasteiger partial charge in [-0.05, 0) is 50.9 Å². The second kappa shape index (κ2) is 7.31. The second-order valence-electron chi connectivity index (χ2n) is 5.39. The molecule has 0 aromatic heterocycles. The lowest BCUT2D eigenvalue weighted by atomic mass is 9.91. The van der Waals surface area contributed by atoms with Gasteiger partial charge in [0.25, 0.3) is 5.91 Å². The van der Waals surface area contributed by atoms with Crippen molar-refractivity contribution in [2.45, 2.75) is 25.8 Å². The van der Waals surface area contributed by atoms with Crippen molar-refractivity contribution in [2.24, 2.45) is 5.92 Å². The molecule has 21 heavy (non-hydrogen) atoms. The van der Waals surface area contributed by atoms with Crippen LogP contribution in [0.1, 0.15) is 30.1 Å². The summed E-state index contributed by atoms with van der Waals surface area (Å²) in [6.45, 7) is 4.11. The van der Waals surface area contributed by atoms with E-state index in [1.54, 1.807) is 32.4 Å². The van der Waals surface area contributed by atoms with Crippen LogP contribution >= 0.6 is 0 Å². The van der Waals surface area contributed by atoms with Crippen molar-refractivity contribution in [1.29, 1.82) is 0 Å². The smallest absolute Gasteiger partial charge is 0.255 e. The van der Waals surface area contributed by atoms with Gasteiger partial charge in [0.1, 0.15) is 0 Å². The number of amides is 1. The van der Waals surface area contributed by atoms with Crippen molar-refractivity contribution >= 4 is 5.91 Å². The molecule has 1 saturated heterocycles. The SMILES string of the molecule is COc1cccc(C(=O)NC(C)C2CCNCC2)c1OC. The molecule has 1 fully saturated rings. The van der Waals surface area contributed by atoms with Gasteiger partial charge in [-0.15, -0.1) is 0 Å². The number of carbonyl (C=O) groups is 1. The number of hydrogen-bond acceptors (Lipinski definition) is 4. The van der Waals surface area contributed by atoms with Crippen LogP contribution in [-0.2, 0) is 0 Å². The zero-order valence-electron chi connectivity index (χ0n) is 12.9. The lowest BCUT2D eigenvalue weighted by Gasteiger charge is -2.29. The van der Waals surface area contributed by atoms with Crippen LogP contribution in [-0.4, -0.2) is 39.3 Å². The van der Waals surface area contributed by atoms with E-state index in [1.807, 2.05) is 0 Å². The number of rotatable bonds is 5. The molecule has 0 bridgehead atoms. The van der Waals surface area contributed by atoms with Crippen LogP contribution in [0.2, 0.25) is 0 Å². The summed E-state index contributed by atoms with van der Waals surface area (Å²) >= 11 is 0. The normalized spacial score (nSPS) is 17.1. The summed E-state index contributed by atoms with van der Waals surface area (Å²) in [5.74, 6) is 1.46. The van der Waals surface area contributed by atoms with Crippen molar-refractivity contribution in [3.63, 3.8) is 0 Å². The van der Waals surface area contributed by atoms with Gasteiger partial charge < -0.3 is 20.1 Å². The van der Waals surface area contributed by atoms with E-state index in [2.05, 4.69) is 17.6 Å². The molecule has 2 N–H and O–H groups in total. The second-order valence-corrected chi connectivity index (χ2v) is 5.39. The Kier molecular flexibility index (Phi) is 5.44. The third kappa shape index (κ3) is 3.67. The Labute approximate surface area is 126 Å². The van der Waals surface area contributed by atoms with Gasteiger partial charge in [-0.1, -0.05) is 6.07 Å². The maximum atomic E-state index is 12.5. The topological polar surface area (TPSA) is 59.6 Å². The maximum absolute atomic E-state index is 12.5. The molecular weight excluding hydrogens is 268 g/mol. The quantitative estimate of drug-likeness (QED) is 0.869. The number of carbonyl (C=O) groups excluding carboxylic acids is 1. The molecule has 0 aliphatic carbocycles. The molecule has 1 unspecified atom stereocenters. The molecule has 0 saturated carbocycles. The third-order valence-electron chi connectivity index (χ3n) is 4.10. The first-order valence-electron chi connectivity index (χ1n) is 7.40. The Balaban J connectivity index is 2.09. The summed E-state index contributed by atoms with van der Waals surface area (Å²) in [5.41, 5.74) is 0.512. The lowest BCUT2D eigenvalue weighted by molar-refractivity contribution is 0.0917. The Morgan fingerprint density at radius 1 is 1.29 bits per heavy atom. The fourth-order valence-corrected chi connectivity index (χ4v) is 2.81. The van der Waals surface area contributed by atoms with Crippen LogP contribution in [0.5, 0.6) is 11.5 Å². The molecule has 1 aromatic carbocycles. The summed E-state index contributed by atoms with van der Waals surface area (Å²) in [7, 11) is 3.11. The molecule has 1 atom stereocenters. The predicted molar refractivity (Wildman–Crippen MR) is 82.1 cm³/mol. The first-order valence-corrected chi connectivity index (χ1v) is 7.40. The highest BCUT2D eigenvalue weighted by Gasteiger charge is 2.23. The lowest BCUT2D eigenvalue weighted by Crippen LogP contribution is -2.42. The van der Waals surface area contributed by atoms with Crippen LogP contribution < -0.4 is 20.1 Å². The van der Waals surface area contributed by atoms with E-state index in [0.29, 0.717) is 23.0 Å². The van der Waals surface area contributed by atoms with Crippen molar-refractivity contribution in [3.8, 4) is 11.5 Å². The highest BCUT2D eigenvalue weighted by Crippen LogP contribution is 2.30. The average molecular weight is 292 g/mol. The number of benzene rings is 1. The van der Waals surface area contributed by atoms with E-state index in [0.717, 1.165) is 25.9 Å². The minimum atomic E-state index is -0.114. The van der Waals surface area contributed by atoms with Crippen LogP contribution in [0.4, 0.5) is 0 Å². The number of hydrogen-bond donors (Lipinski definition) is 2. The summed E-state index contributed by atoms with van der Waals surface area (Å²) in [4.78, 5) is 12.5. The molecule has 1 amide bonds. The fourth-order valence-electron chi connectivity index (χ4n) is 2.81. The third-order valence-corrected chi connectivity index (χ3v) is 4.10. The van der Waals surface area contributed by atoms with Gasteiger partial charge in [0, 0.05) is 6.04 Å². The molecule has 0 radical (unpaired) electrons. The highest BCUT2D eigenvalue weighted by atomic mass is 16.5. The molecule has 1 aliphatic rings. The minimum Gasteiger partial charge on any atom is -0.493 e. The van der Waals surface area contributed by atoms with Crippen molar-refractivity contribution < 1.29 is 14.3 Å². The number of methoxy groups -OCH3 is 2. The Morgan fingerprint density at radius 3 is 2.62 bits per heavy atom. The summed E-state index contributed by atoms with van der Waals surface area (Å²) < 4.78 is 10.6. The van der Waals surface area contributed by atoms with E-state index < -0.39 is 0 Å². The zero-order chi connectivity index (χ0) is 15.2. The molecule has 2 rings (SSSR count). The summed E-state index contributed by atoms with van der Waals surface area (Å²) in [6, 6.07) is 5.49. The van der Waals surface area contributed by atoms with Crippen molar-refractivity contribution in [1.82, 2.24) is 10.6 Å². The molecule has 0 spiro atoms. The van der Waals surface area contributed by atoms with E-state index in [9.17, 15) is 4.79 Å². The van der Waals surface area contributed by atoms with Gasteiger partial charge >= 0.3 is 0 Å². The standard InChI is InChI=1S/C16H24N2O3/c1-11(12-7-9-17-10-8-12)18-16(19)13-5-4-6-14(20-2)15(13)21-3/h4-6,11-12,17H,7-10H2,1-3H3,(H,18,19). The first kappa shape index (κ1) is 15.6. The summed E-state index contributed by atoms with van der Waals surface area (Å²) in [6.07, 6.45) is 2.19. The van der Waals surface area contributed by atoms with Gasteiger partial charge in [-0.25, -0.2) is 0 Å². The number of piperidine rings is 1. The molecule has 1 heterocycles. The van der Waals surface area contributed by atoms with Gasteiger partial charge in [-0.3, -0.25) is 4.79 Å².